The van der Waals surface area contributed by atoms with Crippen molar-refractivity contribution >= 4 is 39.5 Å². The third kappa shape index (κ3) is 69.0. The molecule has 0 fully saturated rings. The van der Waals surface area contributed by atoms with Crippen LogP contribution in [0, 0.1) is 0 Å². The summed E-state index contributed by atoms with van der Waals surface area (Å²) >= 11 is 0. The minimum atomic E-state index is -4.97. The molecule has 3 N–H and O–H groups in total. The van der Waals surface area contributed by atoms with E-state index in [1.807, 2.05) is 0 Å². The molecule has 0 aliphatic carbocycles. The van der Waals surface area contributed by atoms with E-state index in [4.69, 9.17) is 37.0 Å². The maximum absolute atomic E-state index is 13.1. The van der Waals surface area contributed by atoms with Crippen LogP contribution in [0.2, 0.25) is 0 Å². The predicted molar refractivity (Wildman–Crippen MR) is 390 cm³/mol. The highest BCUT2D eigenvalue weighted by atomic mass is 31.2. The second kappa shape index (κ2) is 70.0. The van der Waals surface area contributed by atoms with E-state index in [9.17, 15) is 43.2 Å². The Labute approximate surface area is 583 Å². The molecule has 0 aliphatic rings. The van der Waals surface area contributed by atoms with Crippen molar-refractivity contribution in [2.24, 2.45) is 0 Å². The number of carbonyl (C=O) groups excluding carboxylic acids is 4. The van der Waals surface area contributed by atoms with Gasteiger partial charge in [-0.05, 0) is 135 Å². The van der Waals surface area contributed by atoms with Gasteiger partial charge < -0.3 is 33.8 Å². The molecule has 0 radical (unpaired) electrons. The summed E-state index contributed by atoms with van der Waals surface area (Å²) < 4.78 is 68.4. The molecular formula is C77H138O17P2. The number of allylic oxidation sites excluding steroid dienone is 12. The first-order chi connectivity index (χ1) is 46.7. The summed E-state index contributed by atoms with van der Waals surface area (Å²) in [5.74, 6) is -2.19. The molecule has 558 valence electrons. The Morgan fingerprint density at radius 3 is 0.844 bits per heavy atom. The number of carbonyl (C=O) groups is 4. The van der Waals surface area contributed by atoms with Crippen molar-refractivity contribution in [2.45, 2.75) is 354 Å². The highest BCUT2D eigenvalue weighted by Crippen LogP contribution is 2.45. The number of esters is 4. The minimum Gasteiger partial charge on any atom is -0.462 e. The predicted octanol–water partition coefficient (Wildman–Crippen LogP) is 21.7. The second-order valence-corrected chi connectivity index (χ2v) is 28.5. The monoisotopic (exact) mass is 1400 g/mol. The lowest BCUT2D eigenvalue weighted by Gasteiger charge is -2.21. The number of hydrogen-bond donors (Lipinski definition) is 3. The number of hydrogen-bond acceptors (Lipinski definition) is 15. The fraction of sp³-hybridized carbons (Fsp3) is 0.792. The van der Waals surface area contributed by atoms with Crippen molar-refractivity contribution in [3.05, 3.63) is 72.9 Å². The van der Waals surface area contributed by atoms with Crippen molar-refractivity contribution in [3.8, 4) is 0 Å². The number of ether oxygens (including phenoxy) is 4. The van der Waals surface area contributed by atoms with E-state index < -0.39 is 97.5 Å². The molecule has 19 heteroatoms. The van der Waals surface area contributed by atoms with Gasteiger partial charge in [-0.25, -0.2) is 9.13 Å². The van der Waals surface area contributed by atoms with Gasteiger partial charge in [0.25, 0.3) is 0 Å². The normalized spacial score (nSPS) is 14.4. The smallest absolute Gasteiger partial charge is 0.462 e. The average molecular weight is 1400 g/mol. The van der Waals surface area contributed by atoms with Gasteiger partial charge in [-0.15, -0.1) is 0 Å². The SMILES string of the molecule is CC/C=C\C/C=C\C/C=C\CCCCCCCCCC(=O)OCC(COP(=O)(O)OCC(O)COP(=O)(O)OCC(COC(=O)CCCCCCC/C=C\CCCCCC)OC(=O)CCCCCCC/C=C\CCCCCC)OC(=O)CCCCCCC/C=C\CCCCCC. The third-order valence-electron chi connectivity index (χ3n) is 16.1. The summed E-state index contributed by atoms with van der Waals surface area (Å²) in [4.78, 5) is 72.8. The fourth-order valence-corrected chi connectivity index (χ4v) is 11.9. The Kier molecular flexibility index (Phi) is 67.4. The molecule has 0 saturated carbocycles. The van der Waals surface area contributed by atoms with E-state index in [-0.39, 0.29) is 25.7 Å². The first-order valence-corrected chi connectivity index (χ1v) is 41.2. The Balaban J connectivity index is 5.33. The number of unbranched alkanes of at least 4 members (excludes halogenated alkanes) is 34. The van der Waals surface area contributed by atoms with Crippen molar-refractivity contribution in [2.75, 3.05) is 39.6 Å². The average Bonchev–Trinajstić information content (AvgIpc) is 3.12. The van der Waals surface area contributed by atoms with Gasteiger partial charge in [0.15, 0.2) is 12.2 Å². The zero-order valence-corrected chi connectivity index (χ0v) is 62.6. The molecule has 0 bridgehead atoms. The molecule has 0 amide bonds. The van der Waals surface area contributed by atoms with Crippen molar-refractivity contribution < 1.29 is 80.2 Å². The van der Waals surface area contributed by atoms with E-state index in [1.54, 1.807) is 0 Å². The van der Waals surface area contributed by atoms with Gasteiger partial charge in [0.05, 0.1) is 26.4 Å². The molecule has 96 heavy (non-hydrogen) atoms. The van der Waals surface area contributed by atoms with Crippen molar-refractivity contribution in [1.82, 2.24) is 0 Å². The maximum Gasteiger partial charge on any atom is 0.472 e. The summed E-state index contributed by atoms with van der Waals surface area (Å²) in [5.41, 5.74) is 0. The van der Waals surface area contributed by atoms with E-state index in [1.165, 1.54) is 77.0 Å². The van der Waals surface area contributed by atoms with Gasteiger partial charge >= 0.3 is 39.5 Å². The van der Waals surface area contributed by atoms with Gasteiger partial charge in [-0.3, -0.25) is 37.3 Å². The summed E-state index contributed by atoms with van der Waals surface area (Å²) in [7, 11) is -9.94. The van der Waals surface area contributed by atoms with Gasteiger partial charge in [0.1, 0.15) is 19.3 Å². The lowest BCUT2D eigenvalue weighted by atomic mass is 10.1. The molecule has 0 aromatic rings. The molecule has 0 rings (SSSR count). The van der Waals surface area contributed by atoms with Gasteiger partial charge in [-0.1, -0.05) is 248 Å². The van der Waals surface area contributed by atoms with Crippen LogP contribution in [0.4, 0.5) is 0 Å². The Morgan fingerprint density at radius 1 is 0.302 bits per heavy atom. The number of phosphoric ester groups is 2. The van der Waals surface area contributed by atoms with Crippen LogP contribution in [0.1, 0.15) is 336 Å². The molecule has 5 unspecified atom stereocenters. The van der Waals surface area contributed by atoms with E-state index in [2.05, 4.69) is 101 Å². The highest BCUT2D eigenvalue weighted by molar-refractivity contribution is 7.47. The maximum atomic E-state index is 13.1. The molecule has 0 spiro atoms. The van der Waals surface area contributed by atoms with Crippen LogP contribution < -0.4 is 0 Å². The summed E-state index contributed by atoms with van der Waals surface area (Å²) in [5, 5.41) is 10.6. The largest absolute Gasteiger partial charge is 0.472 e. The van der Waals surface area contributed by atoms with Gasteiger partial charge in [-0.2, -0.15) is 0 Å². The molecule has 5 atom stereocenters. The lowest BCUT2D eigenvalue weighted by Crippen LogP contribution is -2.30. The quantitative estimate of drug-likeness (QED) is 0.0169. The minimum absolute atomic E-state index is 0.0846. The van der Waals surface area contributed by atoms with Crippen molar-refractivity contribution in [3.63, 3.8) is 0 Å². The van der Waals surface area contributed by atoms with Crippen LogP contribution in [0.15, 0.2) is 72.9 Å². The van der Waals surface area contributed by atoms with Crippen LogP contribution in [-0.2, 0) is 65.4 Å². The number of rotatable bonds is 72. The van der Waals surface area contributed by atoms with Gasteiger partial charge in [0.2, 0.25) is 0 Å². The molecule has 0 aromatic heterocycles. The summed E-state index contributed by atoms with van der Waals surface area (Å²) in [6.45, 7) is 4.71. The van der Waals surface area contributed by atoms with E-state index in [0.29, 0.717) is 25.7 Å². The van der Waals surface area contributed by atoms with Crippen molar-refractivity contribution in [1.29, 1.82) is 0 Å². The summed E-state index contributed by atoms with van der Waals surface area (Å²) in [6, 6.07) is 0. The lowest BCUT2D eigenvalue weighted by molar-refractivity contribution is -0.161. The first-order valence-electron chi connectivity index (χ1n) is 38.2. The van der Waals surface area contributed by atoms with E-state index >= 15 is 0 Å². The molecule has 17 nitrogen and oxygen atoms in total. The van der Waals surface area contributed by atoms with Crippen LogP contribution in [-0.4, -0.2) is 96.7 Å². The van der Waals surface area contributed by atoms with E-state index in [0.717, 1.165) is 180 Å². The highest BCUT2D eigenvalue weighted by Gasteiger charge is 2.30. The Hall–Kier alpha value is -3.50. The molecular weight excluding hydrogens is 1260 g/mol. The molecule has 0 aliphatic heterocycles. The zero-order chi connectivity index (χ0) is 70.4. The first kappa shape index (κ1) is 92.5. The standard InChI is InChI=1S/C77H138O17P2/c1-5-9-13-17-21-25-29-33-34-35-36-40-42-46-50-54-58-62-75(80)88-68-73(94-77(82)64-60-56-52-48-44-39-32-28-24-20-16-12-8-4)70-92-96(85,86)90-66-71(78)65-89-95(83,84)91-69-72(93-76(81)63-59-55-51-47-43-38-31-27-23-19-15-11-7-3)67-87-74(79)61-57-53-49-45-41-37-30-26-22-18-14-10-6-2/h9,13,21,25-28,30-34,71-73,78H,5-8,10-12,14-20,22-24,29,35-70H2,1-4H3,(H,83,84)(H,85,86)/b13-9-,25-21-,30-26-,31-27-,32-28-,34-33-. The number of aliphatic hydroxyl groups is 1. The second-order valence-electron chi connectivity index (χ2n) is 25.6. The molecule has 0 saturated heterocycles. The molecule has 0 heterocycles. The Morgan fingerprint density at radius 2 is 0.542 bits per heavy atom. The number of aliphatic hydroxyl groups excluding tert-OH is 1. The van der Waals surface area contributed by atoms with Crippen LogP contribution in [0.25, 0.3) is 0 Å². The summed E-state index contributed by atoms with van der Waals surface area (Å²) in [6.07, 6.45) is 68.9. The fourth-order valence-electron chi connectivity index (χ4n) is 10.3. The van der Waals surface area contributed by atoms with Gasteiger partial charge in [0, 0.05) is 25.7 Å². The topological polar surface area (TPSA) is 237 Å². The van der Waals surface area contributed by atoms with Crippen LogP contribution in [0.3, 0.4) is 0 Å². The zero-order valence-electron chi connectivity index (χ0n) is 60.8. The van der Waals surface area contributed by atoms with Crippen LogP contribution in [0.5, 0.6) is 0 Å². The van der Waals surface area contributed by atoms with Crippen LogP contribution >= 0.6 is 15.6 Å². The Bertz CT molecular complexity index is 2110. The third-order valence-corrected chi connectivity index (χ3v) is 18.0. The number of phosphoric acid groups is 2. The molecule has 0 aromatic carbocycles.